The van der Waals surface area contributed by atoms with Gasteiger partial charge in [-0.3, -0.25) is 14.5 Å². The molecule has 1 fully saturated rings. The topological polar surface area (TPSA) is 70.5 Å². The van der Waals surface area contributed by atoms with E-state index in [0.29, 0.717) is 16.3 Å². The van der Waals surface area contributed by atoms with Crippen molar-refractivity contribution in [2.45, 2.75) is 19.9 Å². The van der Waals surface area contributed by atoms with Crippen LogP contribution in [0.4, 0.5) is 9.52 Å². The lowest BCUT2D eigenvalue weighted by atomic mass is 9.95. The van der Waals surface area contributed by atoms with Gasteiger partial charge in [-0.1, -0.05) is 59.9 Å². The molecular weight excluding hydrogens is 439 g/mol. The summed E-state index contributed by atoms with van der Waals surface area (Å²) in [6.45, 7) is 3.93. The van der Waals surface area contributed by atoms with Crippen molar-refractivity contribution in [1.29, 1.82) is 0 Å². The van der Waals surface area contributed by atoms with Crippen LogP contribution < -0.4 is 4.90 Å². The number of carbonyl (C=O) groups excluding carboxylic acids is 2. The Kier molecular flexibility index (Phi) is 5.06. The number of benzene rings is 3. The number of carbonyl (C=O) groups is 2. The van der Waals surface area contributed by atoms with Crippen LogP contribution in [0.3, 0.4) is 0 Å². The number of aliphatic hydroxyl groups excluding tert-OH is 1. The lowest BCUT2D eigenvalue weighted by molar-refractivity contribution is -0.132. The monoisotopic (exact) mass is 458 g/mol. The Morgan fingerprint density at radius 3 is 2.42 bits per heavy atom. The fourth-order valence-corrected chi connectivity index (χ4v) is 5.37. The van der Waals surface area contributed by atoms with E-state index >= 15 is 0 Å². The standard InChI is InChI=1S/C26H19FN2O3S/c1-14-12-15(2)21-19(13-14)33-26(28-21)29-22(16-8-10-18(27)11-9-16)20(24(31)25(29)32)23(30)17-6-4-3-5-7-17/h3-13,22,30H,1-2H3/b23-20+/t22-/m1/s1. The van der Waals surface area contributed by atoms with E-state index in [2.05, 4.69) is 4.98 Å². The summed E-state index contributed by atoms with van der Waals surface area (Å²) in [4.78, 5) is 32.4. The number of hydrogen-bond acceptors (Lipinski definition) is 5. The largest absolute Gasteiger partial charge is 0.507 e. The first kappa shape index (κ1) is 21.0. The van der Waals surface area contributed by atoms with Gasteiger partial charge in [0, 0.05) is 5.56 Å². The van der Waals surface area contributed by atoms with Gasteiger partial charge in [-0.15, -0.1) is 0 Å². The Bertz CT molecular complexity index is 1440. The van der Waals surface area contributed by atoms with Crippen molar-refractivity contribution in [2.75, 3.05) is 4.90 Å². The van der Waals surface area contributed by atoms with Crippen molar-refractivity contribution in [3.8, 4) is 0 Å². The van der Waals surface area contributed by atoms with Gasteiger partial charge in [-0.25, -0.2) is 9.37 Å². The van der Waals surface area contributed by atoms with Crippen molar-refractivity contribution in [2.24, 2.45) is 0 Å². The van der Waals surface area contributed by atoms with E-state index < -0.39 is 23.5 Å². The smallest absolute Gasteiger partial charge is 0.301 e. The molecule has 1 N–H and O–H groups in total. The SMILES string of the molecule is Cc1cc(C)c2nc(N3C(=O)C(=O)/C(=C(/O)c4ccccc4)[C@H]3c3ccc(F)cc3)sc2c1. The molecule has 0 unspecified atom stereocenters. The van der Waals surface area contributed by atoms with Crippen LogP contribution in [0.5, 0.6) is 0 Å². The van der Waals surface area contributed by atoms with Gasteiger partial charge in [-0.2, -0.15) is 0 Å². The van der Waals surface area contributed by atoms with E-state index in [4.69, 9.17) is 0 Å². The summed E-state index contributed by atoms with van der Waals surface area (Å²) in [7, 11) is 0. The molecule has 7 heteroatoms. The molecule has 0 aliphatic carbocycles. The van der Waals surface area contributed by atoms with E-state index in [9.17, 15) is 19.1 Å². The minimum Gasteiger partial charge on any atom is -0.507 e. The Morgan fingerprint density at radius 2 is 1.73 bits per heavy atom. The van der Waals surface area contributed by atoms with Gasteiger partial charge >= 0.3 is 5.91 Å². The van der Waals surface area contributed by atoms with Crippen molar-refractivity contribution >= 4 is 44.1 Å². The van der Waals surface area contributed by atoms with E-state index in [0.717, 1.165) is 21.3 Å². The zero-order chi connectivity index (χ0) is 23.3. The van der Waals surface area contributed by atoms with Gasteiger partial charge in [0.25, 0.3) is 5.78 Å². The van der Waals surface area contributed by atoms with E-state index in [1.807, 2.05) is 26.0 Å². The maximum Gasteiger partial charge on any atom is 0.301 e. The lowest BCUT2D eigenvalue weighted by Crippen LogP contribution is -2.29. The Balaban J connectivity index is 1.75. The van der Waals surface area contributed by atoms with Crippen LogP contribution in [0.1, 0.15) is 28.3 Å². The third-order valence-electron chi connectivity index (χ3n) is 5.70. The second-order valence-electron chi connectivity index (χ2n) is 8.01. The number of ketones is 1. The van der Waals surface area contributed by atoms with Gasteiger partial charge < -0.3 is 5.11 Å². The normalized spacial score (nSPS) is 17.8. The summed E-state index contributed by atoms with van der Waals surface area (Å²) in [6, 6.07) is 17.2. The van der Waals surface area contributed by atoms with Crippen LogP contribution in [0.2, 0.25) is 0 Å². The molecule has 3 aromatic carbocycles. The number of aryl methyl sites for hydroxylation is 2. The van der Waals surface area contributed by atoms with Crippen LogP contribution in [-0.2, 0) is 9.59 Å². The first-order valence-electron chi connectivity index (χ1n) is 10.3. The zero-order valence-corrected chi connectivity index (χ0v) is 18.7. The molecule has 5 rings (SSSR count). The van der Waals surface area contributed by atoms with Crippen molar-refractivity contribution in [3.05, 3.63) is 100 Å². The minimum absolute atomic E-state index is 0.0510. The number of anilines is 1. The van der Waals surface area contributed by atoms with Gasteiger partial charge in [0.15, 0.2) is 5.13 Å². The highest BCUT2D eigenvalue weighted by Crippen LogP contribution is 2.44. The molecule has 1 atom stereocenters. The summed E-state index contributed by atoms with van der Waals surface area (Å²) >= 11 is 1.30. The summed E-state index contributed by atoms with van der Waals surface area (Å²) in [5.41, 5.74) is 3.65. The highest BCUT2D eigenvalue weighted by atomic mass is 32.1. The molecule has 1 aliphatic heterocycles. The molecular formula is C26H19FN2O3S. The lowest BCUT2D eigenvalue weighted by Gasteiger charge is -2.23. The average molecular weight is 459 g/mol. The number of thiazole rings is 1. The van der Waals surface area contributed by atoms with Crippen LogP contribution in [-0.4, -0.2) is 21.8 Å². The minimum atomic E-state index is -0.937. The Morgan fingerprint density at radius 1 is 1.03 bits per heavy atom. The second-order valence-corrected chi connectivity index (χ2v) is 9.02. The van der Waals surface area contributed by atoms with Gasteiger partial charge in [0.1, 0.15) is 11.6 Å². The van der Waals surface area contributed by atoms with Crippen molar-refractivity contribution in [3.63, 3.8) is 0 Å². The summed E-state index contributed by atoms with van der Waals surface area (Å²) < 4.78 is 14.6. The van der Waals surface area contributed by atoms with E-state index in [-0.39, 0.29) is 11.3 Å². The highest BCUT2D eigenvalue weighted by molar-refractivity contribution is 7.22. The van der Waals surface area contributed by atoms with Gasteiger partial charge in [-0.05, 0) is 48.7 Å². The van der Waals surface area contributed by atoms with Crippen molar-refractivity contribution in [1.82, 2.24) is 4.98 Å². The molecule has 1 saturated heterocycles. The molecule has 0 bridgehead atoms. The predicted octanol–water partition coefficient (Wildman–Crippen LogP) is 5.68. The fourth-order valence-electron chi connectivity index (χ4n) is 4.20. The number of aliphatic hydroxyl groups is 1. The Labute approximate surface area is 193 Å². The molecule has 0 saturated carbocycles. The molecule has 5 nitrogen and oxygen atoms in total. The molecule has 0 radical (unpaired) electrons. The quantitative estimate of drug-likeness (QED) is 0.244. The molecule has 1 aliphatic rings. The number of Topliss-reactive ketones (excluding diaryl/α,β-unsaturated/α-hetero) is 1. The maximum atomic E-state index is 13.7. The van der Waals surface area contributed by atoms with Gasteiger partial charge in [0.05, 0.1) is 21.8 Å². The third-order valence-corrected chi connectivity index (χ3v) is 6.70. The number of hydrogen-bond donors (Lipinski definition) is 1. The number of fused-ring (bicyclic) bond motifs is 1. The Hall–Kier alpha value is -3.84. The molecule has 4 aromatic rings. The number of amides is 1. The first-order chi connectivity index (χ1) is 15.8. The highest BCUT2D eigenvalue weighted by Gasteiger charge is 2.48. The number of rotatable bonds is 3. The molecule has 164 valence electrons. The molecule has 1 amide bonds. The van der Waals surface area contributed by atoms with Crippen molar-refractivity contribution < 1.29 is 19.1 Å². The molecule has 0 spiro atoms. The molecule has 1 aromatic heterocycles. The summed E-state index contributed by atoms with van der Waals surface area (Å²) in [5, 5.41) is 11.4. The first-order valence-corrected chi connectivity index (χ1v) is 11.2. The van der Waals surface area contributed by atoms with Crippen LogP contribution in [0, 0.1) is 19.7 Å². The average Bonchev–Trinajstić information content (AvgIpc) is 3.33. The molecule has 33 heavy (non-hydrogen) atoms. The second kappa shape index (κ2) is 7.94. The van der Waals surface area contributed by atoms with Crippen LogP contribution in [0.15, 0.2) is 72.3 Å². The number of aromatic nitrogens is 1. The van der Waals surface area contributed by atoms with Crippen LogP contribution >= 0.6 is 11.3 Å². The predicted molar refractivity (Wildman–Crippen MR) is 127 cm³/mol. The van der Waals surface area contributed by atoms with E-state index in [1.54, 1.807) is 30.3 Å². The maximum absolute atomic E-state index is 13.7. The number of halogens is 1. The zero-order valence-electron chi connectivity index (χ0n) is 17.9. The summed E-state index contributed by atoms with van der Waals surface area (Å²) in [5.74, 6) is -2.31. The molecule has 2 heterocycles. The van der Waals surface area contributed by atoms with Crippen LogP contribution in [0.25, 0.3) is 16.0 Å². The van der Waals surface area contributed by atoms with Gasteiger partial charge in [0.2, 0.25) is 0 Å². The number of nitrogens with zero attached hydrogens (tertiary/aromatic N) is 2. The summed E-state index contributed by atoms with van der Waals surface area (Å²) in [6.07, 6.45) is 0. The fraction of sp³-hybridized carbons (Fsp3) is 0.115. The van der Waals surface area contributed by atoms with E-state index in [1.165, 1.54) is 40.5 Å². The third kappa shape index (κ3) is 3.50.